The van der Waals surface area contributed by atoms with Crippen molar-refractivity contribution in [2.75, 3.05) is 0 Å². The van der Waals surface area contributed by atoms with Gasteiger partial charge in [0.05, 0.1) is 0 Å². The summed E-state index contributed by atoms with van der Waals surface area (Å²) in [5.41, 5.74) is 5.46. The summed E-state index contributed by atoms with van der Waals surface area (Å²) in [5, 5.41) is 8.24. The Kier molecular flexibility index (Phi) is 1.71. The Labute approximate surface area is 53.9 Å². The minimum Gasteiger partial charge on any atom is -0.481 e. The van der Waals surface area contributed by atoms with Crippen LogP contribution in [0, 0.1) is 5.92 Å². The molecule has 0 amide bonds. The summed E-state index contributed by atoms with van der Waals surface area (Å²) in [7, 11) is 0. The Hall–Kier alpha value is -0.570. The number of rotatable bonds is 3. The van der Waals surface area contributed by atoms with Crippen LogP contribution < -0.4 is 5.73 Å². The molecule has 0 spiro atoms. The van der Waals surface area contributed by atoms with Crippen LogP contribution in [-0.4, -0.2) is 17.1 Å². The molecule has 3 N–H and O–H groups in total. The van der Waals surface area contributed by atoms with Gasteiger partial charge in [-0.05, 0) is 18.8 Å². The van der Waals surface area contributed by atoms with Gasteiger partial charge in [0, 0.05) is 12.5 Å². The van der Waals surface area contributed by atoms with Crippen molar-refractivity contribution < 1.29 is 9.90 Å². The molecule has 1 saturated carbocycles. The molecular formula is C6H11NO2. The smallest absolute Gasteiger partial charge is 0.303 e. The van der Waals surface area contributed by atoms with E-state index >= 15 is 0 Å². The van der Waals surface area contributed by atoms with Gasteiger partial charge in [-0.25, -0.2) is 0 Å². The molecule has 1 fully saturated rings. The second-order valence-electron chi connectivity index (χ2n) is 2.59. The van der Waals surface area contributed by atoms with Gasteiger partial charge in [-0.1, -0.05) is 0 Å². The Morgan fingerprint density at radius 1 is 1.78 bits per heavy atom. The van der Waals surface area contributed by atoms with Crippen LogP contribution in [0.15, 0.2) is 0 Å². The van der Waals surface area contributed by atoms with Crippen LogP contribution in [0.4, 0.5) is 0 Å². The van der Waals surface area contributed by atoms with Crippen molar-refractivity contribution in [3.63, 3.8) is 0 Å². The summed E-state index contributed by atoms with van der Waals surface area (Å²) < 4.78 is 0. The molecule has 0 aromatic carbocycles. The molecule has 9 heavy (non-hydrogen) atoms. The summed E-state index contributed by atoms with van der Waals surface area (Å²) in [4.78, 5) is 10.00. The van der Waals surface area contributed by atoms with Crippen molar-refractivity contribution in [1.29, 1.82) is 0 Å². The van der Waals surface area contributed by atoms with E-state index in [2.05, 4.69) is 0 Å². The maximum Gasteiger partial charge on any atom is 0.303 e. The highest BCUT2D eigenvalue weighted by Crippen LogP contribution is 2.32. The van der Waals surface area contributed by atoms with E-state index < -0.39 is 5.97 Å². The predicted octanol–water partition coefficient (Wildman–Crippen LogP) is 0.198. The molecule has 1 aliphatic carbocycles. The molecule has 1 aliphatic rings. The lowest BCUT2D eigenvalue weighted by Gasteiger charge is -1.90. The molecular weight excluding hydrogens is 118 g/mol. The maximum absolute atomic E-state index is 10.00. The first kappa shape index (κ1) is 6.55. The number of carboxylic acid groups (broad SMARTS) is 1. The topological polar surface area (TPSA) is 63.3 Å². The quantitative estimate of drug-likeness (QED) is 0.572. The summed E-state index contributed by atoms with van der Waals surface area (Å²) in [6, 6.07) is 0.296. The zero-order valence-corrected chi connectivity index (χ0v) is 5.21. The van der Waals surface area contributed by atoms with Crippen LogP contribution in [0.5, 0.6) is 0 Å². The van der Waals surface area contributed by atoms with E-state index in [9.17, 15) is 4.79 Å². The second-order valence-corrected chi connectivity index (χ2v) is 2.59. The predicted molar refractivity (Wildman–Crippen MR) is 33.0 cm³/mol. The Bertz CT molecular complexity index is 124. The summed E-state index contributed by atoms with van der Waals surface area (Å²) in [5.74, 6) is -0.213. The van der Waals surface area contributed by atoms with Gasteiger partial charge < -0.3 is 10.8 Å². The third kappa shape index (κ3) is 2.01. The largest absolute Gasteiger partial charge is 0.481 e. The van der Waals surface area contributed by atoms with Crippen molar-refractivity contribution in [3.8, 4) is 0 Å². The highest BCUT2D eigenvalue weighted by atomic mass is 16.4. The Balaban J connectivity index is 2.00. The third-order valence-electron chi connectivity index (χ3n) is 1.71. The average molecular weight is 129 g/mol. The van der Waals surface area contributed by atoms with Gasteiger partial charge in [-0.15, -0.1) is 0 Å². The van der Waals surface area contributed by atoms with E-state index in [4.69, 9.17) is 10.8 Å². The number of aliphatic carboxylic acids is 1. The van der Waals surface area contributed by atoms with Gasteiger partial charge in [0.1, 0.15) is 0 Å². The molecule has 0 aliphatic heterocycles. The van der Waals surface area contributed by atoms with E-state index in [0.717, 1.165) is 12.8 Å². The van der Waals surface area contributed by atoms with Crippen LogP contribution >= 0.6 is 0 Å². The minimum absolute atomic E-state index is 0.276. The number of nitrogens with two attached hydrogens (primary N) is 1. The van der Waals surface area contributed by atoms with Crippen molar-refractivity contribution in [2.45, 2.75) is 25.3 Å². The first-order chi connectivity index (χ1) is 4.20. The van der Waals surface area contributed by atoms with Gasteiger partial charge in [0.2, 0.25) is 0 Å². The van der Waals surface area contributed by atoms with Crippen molar-refractivity contribution in [2.24, 2.45) is 11.7 Å². The van der Waals surface area contributed by atoms with Gasteiger partial charge in [-0.3, -0.25) is 4.79 Å². The van der Waals surface area contributed by atoms with E-state index in [1.54, 1.807) is 0 Å². The van der Waals surface area contributed by atoms with E-state index in [-0.39, 0.29) is 6.42 Å². The first-order valence-corrected chi connectivity index (χ1v) is 3.17. The summed E-state index contributed by atoms with van der Waals surface area (Å²) in [6.07, 6.45) is 2.06. The summed E-state index contributed by atoms with van der Waals surface area (Å²) in [6.45, 7) is 0. The third-order valence-corrected chi connectivity index (χ3v) is 1.71. The monoisotopic (exact) mass is 129 g/mol. The highest BCUT2D eigenvalue weighted by molar-refractivity contribution is 5.66. The molecule has 0 aromatic rings. The minimum atomic E-state index is -0.714. The SMILES string of the molecule is NC1CC1CCC(=O)O. The Morgan fingerprint density at radius 3 is 2.67 bits per heavy atom. The fraction of sp³-hybridized carbons (Fsp3) is 0.833. The lowest BCUT2D eigenvalue weighted by molar-refractivity contribution is -0.137. The van der Waals surface area contributed by atoms with Crippen LogP contribution in [0.3, 0.4) is 0 Å². The normalized spacial score (nSPS) is 32.1. The zero-order chi connectivity index (χ0) is 6.85. The Morgan fingerprint density at radius 2 is 2.33 bits per heavy atom. The van der Waals surface area contributed by atoms with Gasteiger partial charge in [0.25, 0.3) is 0 Å². The van der Waals surface area contributed by atoms with Crippen LogP contribution in [0.1, 0.15) is 19.3 Å². The molecule has 0 aromatic heterocycles. The standard InChI is InChI=1S/C6H11NO2/c7-5-3-4(5)1-2-6(8)9/h4-5H,1-3,7H2,(H,8,9). The number of hydrogen-bond donors (Lipinski definition) is 2. The lowest BCUT2D eigenvalue weighted by Crippen LogP contribution is -2.03. The molecule has 2 atom stereocenters. The molecule has 0 saturated heterocycles. The second kappa shape index (κ2) is 2.35. The molecule has 3 nitrogen and oxygen atoms in total. The number of carboxylic acids is 1. The van der Waals surface area contributed by atoms with Crippen LogP contribution in [0.25, 0.3) is 0 Å². The fourth-order valence-corrected chi connectivity index (χ4v) is 0.912. The molecule has 3 heteroatoms. The van der Waals surface area contributed by atoms with E-state index in [0.29, 0.717) is 12.0 Å². The number of hydrogen-bond acceptors (Lipinski definition) is 2. The fourth-order valence-electron chi connectivity index (χ4n) is 0.912. The van der Waals surface area contributed by atoms with E-state index in [1.807, 2.05) is 0 Å². The van der Waals surface area contributed by atoms with Crippen LogP contribution in [-0.2, 0) is 4.79 Å². The molecule has 0 radical (unpaired) electrons. The average Bonchev–Trinajstić information content (AvgIpc) is 2.42. The maximum atomic E-state index is 10.00. The van der Waals surface area contributed by atoms with Crippen molar-refractivity contribution >= 4 is 5.97 Å². The molecule has 1 rings (SSSR count). The first-order valence-electron chi connectivity index (χ1n) is 3.17. The van der Waals surface area contributed by atoms with Gasteiger partial charge in [-0.2, -0.15) is 0 Å². The van der Waals surface area contributed by atoms with E-state index in [1.165, 1.54) is 0 Å². The highest BCUT2D eigenvalue weighted by Gasteiger charge is 2.32. The van der Waals surface area contributed by atoms with Crippen molar-refractivity contribution in [1.82, 2.24) is 0 Å². The molecule has 0 heterocycles. The molecule has 0 bridgehead atoms. The van der Waals surface area contributed by atoms with Crippen molar-refractivity contribution in [3.05, 3.63) is 0 Å². The zero-order valence-electron chi connectivity index (χ0n) is 5.21. The molecule has 2 unspecified atom stereocenters. The van der Waals surface area contributed by atoms with Gasteiger partial charge >= 0.3 is 5.97 Å². The van der Waals surface area contributed by atoms with Gasteiger partial charge in [0.15, 0.2) is 0 Å². The lowest BCUT2D eigenvalue weighted by atomic mass is 10.2. The van der Waals surface area contributed by atoms with Crippen LogP contribution in [0.2, 0.25) is 0 Å². The number of carbonyl (C=O) groups is 1. The molecule has 52 valence electrons. The summed E-state index contributed by atoms with van der Waals surface area (Å²) >= 11 is 0.